The minimum Gasteiger partial charge on any atom is -0.255 e. The van der Waals surface area contributed by atoms with Crippen LogP contribution in [0, 0.1) is 25.7 Å². The van der Waals surface area contributed by atoms with Gasteiger partial charge in [-0.15, -0.1) is 11.3 Å². The van der Waals surface area contributed by atoms with E-state index in [4.69, 9.17) is 0 Å². The predicted octanol–water partition coefficient (Wildman–Crippen LogP) is 5.52. The lowest BCUT2D eigenvalue weighted by Gasteiger charge is -1.99. The molecule has 2 heteroatoms. The monoisotopic (exact) mass is 315 g/mol. The molecule has 0 unspecified atom stereocenters. The number of thiophene rings is 1. The number of nitrogens with zero attached hydrogens (tertiary/aromatic N) is 1. The summed E-state index contributed by atoms with van der Waals surface area (Å²) >= 11 is 1.66. The summed E-state index contributed by atoms with van der Waals surface area (Å²) in [6.45, 7) is 4.22. The first kappa shape index (κ1) is 15.3. The van der Waals surface area contributed by atoms with Gasteiger partial charge in [0.05, 0.1) is 10.6 Å². The fraction of sp³-hybridized carbons (Fsp3) is 0.0952. The van der Waals surface area contributed by atoms with E-state index in [9.17, 15) is 0 Å². The highest BCUT2D eigenvalue weighted by molar-refractivity contribution is 7.14. The molecule has 3 aromatic rings. The number of benzene rings is 2. The van der Waals surface area contributed by atoms with E-state index in [1.54, 1.807) is 11.3 Å². The SMILES string of the molecule is Cc1ccc(N=Cc2ccc(C#Cc3ccccc3)s2)cc1C. The third-order valence-corrected chi connectivity index (χ3v) is 4.50. The molecule has 0 bridgehead atoms. The first-order chi connectivity index (χ1) is 11.2. The molecule has 0 aliphatic carbocycles. The highest BCUT2D eigenvalue weighted by Gasteiger charge is 1.97. The van der Waals surface area contributed by atoms with Gasteiger partial charge in [0.25, 0.3) is 0 Å². The van der Waals surface area contributed by atoms with E-state index in [1.807, 2.05) is 48.7 Å². The molecule has 0 radical (unpaired) electrons. The van der Waals surface area contributed by atoms with Gasteiger partial charge in [-0.25, -0.2) is 0 Å². The average Bonchev–Trinajstić information content (AvgIpc) is 3.03. The maximum Gasteiger partial charge on any atom is 0.0779 e. The van der Waals surface area contributed by atoms with Crippen molar-refractivity contribution in [3.63, 3.8) is 0 Å². The molecule has 0 fully saturated rings. The number of aryl methyl sites for hydroxylation is 2. The fourth-order valence-corrected chi connectivity index (χ4v) is 2.82. The van der Waals surface area contributed by atoms with E-state index >= 15 is 0 Å². The van der Waals surface area contributed by atoms with Crippen molar-refractivity contribution in [1.29, 1.82) is 0 Å². The van der Waals surface area contributed by atoms with Crippen LogP contribution in [0.4, 0.5) is 5.69 Å². The molecule has 2 aromatic carbocycles. The molecular weight excluding hydrogens is 298 g/mol. The summed E-state index contributed by atoms with van der Waals surface area (Å²) in [6, 6.07) is 20.4. The Kier molecular flexibility index (Phi) is 4.71. The molecule has 0 atom stereocenters. The molecule has 0 saturated heterocycles. The van der Waals surface area contributed by atoms with Crippen molar-refractivity contribution in [2.75, 3.05) is 0 Å². The van der Waals surface area contributed by atoms with Gasteiger partial charge in [0.2, 0.25) is 0 Å². The van der Waals surface area contributed by atoms with E-state index in [0.717, 1.165) is 21.0 Å². The van der Waals surface area contributed by atoms with Crippen LogP contribution in [0.25, 0.3) is 0 Å². The van der Waals surface area contributed by atoms with Crippen LogP contribution in [-0.4, -0.2) is 6.21 Å². The zero-order valence-corrected chi connectivity index (χ0v) is 14.0. The Morgan fingerprint density at radius 3 is 2.48 bits per heavy atom. The second-order valence-electron chi connectivity index (χ2n) is 5.34. The maximum atomic E-state index is 4.55. The third-order valence-electron chi connectivity index (χ3n) is 3.56. The molecule has 23 heavy (non-hydrogen) atoms. The Labute approximate surface area is 141 Å². The Balaban J connectivity index is 1.73. The largest absolute Gasteiger partial charge is 0.255 e. The summed E-state index contributed by atoms with van der Waals surface area (Å²) in [6.07, 6.45) is 1.91. The Hall–Kier alpha value is -2.63. The van der Waals surface area contributed by atoms with Gasteiger partial charge >= 0.3 is 0 Å². The number of hydrogen-bond donors (Lipinski definition) is 0. The van der Waals surface area contributed by atoms with Crippen molar-refractivity contribution < 1.29 is 0 Å². The lowest BCUT2D eigenvalue weighted by atomic mass is 10.1. The topological polar surface area (TPSA) is 12.4 Å². The summed E-state index contributed by atoms with van der Waals surface area (Å²) in [4.78, 5) is 6.71. The molecule has 0 aliphatic heterocycles. The second-order valence-corrected chi connectivity index (χ2v) is 6.46. The smallest absolute Gasteiger partial charge is 0.0779 e. The molecule has 1 nitrogen and oxygen atoms in total. The Morgan fingerprint density at radius 1 is 0.870 bits per heavy atom. The minimum absolute atomic E-state index is 0.985. The molecule has 1 heterocycles. The average molecular weight is 315 g/mol. The zero-order valence-electron chi connectivity index (χ0n) is 13.2. The van der Waals surface area contributed by atoms with E-state index < -0.39 is 0 Å². The van der Waals surface area contributed by atoms with E-state index in [1.165, 1.54) is 11.1 Å². The van der Waals surface area contributed by atoms with Gasteiger partial charge in [-0.2, -0.15) is 0 Å². The van der Waals surface area contributed by atoms with Crippen LogP contribution >= 0.6 is 11.3 Å². The molecule has 1 aromatic heterocycles. The molecule has 0 saturated carbocycles. The van der Waals surface area contributed by atoms with Crippen LogP contribution in [0.2, 0.25) is 0 Å². The van der Waals surface area contributed by atoms with E-state index in [2.05, 4.69) is 48.9 Å². The van der Waals surface area contributed by atoms with Crippen molar-refractivity contribution in [2.24, 2.45) is 4.99 Å². The van der Waals surface area contributed by atoms with Gasteiger partial charge in [-0.05, 0) is 61.4 Å². The summed E-state index contributed by atoms with van der Waals surface area (Å²) < 4.78 is 0. The molecule has 3 rings (SSSR count). The van der Waals surface area contributed by atoms with Crippen molar-refractivity contribution in [2.45, 2.75) is 13.8 Å². The van der Waals surface area contributed by atoms with E-state index in [-0.39, 0.29) is 0 Å². The second kappa shape index (κ2) is 7.09. The van der Waals surface area contributed by atoms with Gasteiger partial charge in [0, 0.05) is 16.7 Å². The molecular formula is C21H17NS. The zero-order chi connectivity index (χ0) is 16.1. The van der Waals surface area contributed by atoms with Gasteiger partial charge < -0.3 is 0 Å². The number of rotatable bonds is 2. The Morgan fingerprint density at radius 2 is 1.70 bits per heavy atom. The molecule has 0 aliphatic rings. The minimum atomic E-state index is 0.985. The highest BCUT2D eigenvalue weighted by Crippen LogP contribution is 2.19. The maximum absolute atomic E-state index is 4.55. The van der Waals surface area contributed by atoms with Gasteiger partial charge in [0.15, 0.2) is 0 Å². The first-order valence-corrected chi connectivity index (χ1v) is 8.30. The highest BCUT2D eigenvalue weighted by atomic mass is 32.1. The van der Waals surface area contributed by atoms with Crippen LogP contribution in [0.5, 0.6) is 0 Å². The van der Waals surface area contributed by atoms with Gasteiger partial charge in [-0.1, -0.05) is 36.1 Å². The summed E-state index contributed by atoms with van der Waals surface area (Å²) in [5.74, 6) is 6.38. The molecule has 0 spiro atoms. The first-order valence-electron chi connectivity index (χ1n) is 7.49. The summed E-state index contributed by atoms with van der Waals surface area (Å²) in [5, 5.41) is 0. The standard InChI is InChI=1S/C21H17NS/c1-16-8-10-19(14-17(16)2)22-15-21-13-12-20(23-21)11-9-18-6-4-3-5-7-18/h3-8,10,12-15H,1-2H3. The molecule has 112 valence electrons. The van der Waals surface area contributed by atoms with Gasteiger partial charge in [0.1, 0.15) is 0 Å². The van der Waals surface area contributed by atoms with Crippen LogP contribution in [0.3, 0.4) is 0 Å². The van der Waals surface area contributed by atoms with E-state index in [0.29, 0.717) is 0 Å². The molecule has 0 amide bonds. The van der Waals surface area contributed by atoms with Crippen molar-refractivity contribution in [1.82, 2.24) is 0 Å². The normalized spacial score (nSPS) is 10.5. The van der Waals surface area contributed by atoms with Crippen LogP contribution in [0.15, 0.2) is 65.7 Å². The number of aliphatic imine (C=N–C) groups is 1. The van der Waals surface area contributed by atoms with Crippen LogP contribution < -0.4 is 0 Å². The van der Waals surface area contributed by atoms with Crippen molar-refractivity contribution >= 4 is 23.2 Å². The van der Waals surface area contributed by atoms with Gasteiger partial charge in [-0.3, -0.25) is 4.99 Å². The lowest BCUT2D eigenvalue weighted by Crippen LogP contribution is -1.79. The predicted molar refractivity (Wildman–Crippen MR) is 99.9 cm³/mol. The van der Waals surface area contributed by atoms with Crippen molar-refractivity contribution in [3.8, 4) is 11.8 Å². The quantitative estimate of drug-likeness (QED) is 0.436. The fourth-order valence-electron chi connectivity index (χ4n) is 2.09. The van der Waals surface area contributed by atoms with Crippen molar-refractivity contribution in [3.05, 3.63) is 87.1 Å². The lowest BCUT2D eigenvalue weighted by molar-refractivity contribution is 1.33. The summed E-state index contributed by atoms with van der Waals surface area (Å²) in [5.41, 5.74) is 4.57. The van der Waals surface area contributed by atoms with Crippen LogP contribution in [0.1, 0.15) is 26.4 Å². The third kappa shape index (κ3) is 4.18. The number of hydrogen-bond acceptors (Lipinski definition) is 2. The summed E-state index contributed by atoms with van der Waals surface area (Å²) in [7, 11) is 0. The Bertz CT molecular complexity index is 892. The van der Waals surface area contributed by atoms with Crippen LogP contribution in [-0.2, 0) is 0 Å². The molecule has 0 N–H and O–H groups in total.